The molecule has 0 saturated heterocycles. The Bertz CT molecular complexity index is 535. The third-order valence-corrected chi connectivity index (χ3v) is 4.13. The molecular formula is C16H26N2O3. The van der Waals surface area contributed by atoms with Crippen LogP contribution in [-0.4, -0.2) is 32.8 Å². The fourth-order valence-electron chi connectivity index (χ4n) is 2.72. The Hall–Kier alpha value is -1.33. The van der Waals surface area contributed by atoms with E-state index in [0.717, 1.165) is 38.8 Å². The van der Waals surface area contributed by atoms with Gasteiger partial charge in [0, 0.05) is 24.3 Å². The zero-order valence-corrected chi connectivity index (χ0v) is 13.0. The number of hydrogen-bond acceptors (Lipinski definition) is 4. The van der Waals surface area contributed by atoms with E-state index < -0.39 is 5.43 Å². The van der Waals surface area contributed by atoms with E-state index in [1.807, 2.05) is 4.57 Å². The number of aliphatic hydroxyl groups is 1. The van der Waals surface area contributed by atoms with Gasteiger partial charge in [0.15, 0.2) is 5.75 Å². The average molecular weight is 294 g/mol. The zero-order valence-electron chi connectivity index (χ0n) is 13.0. The van der Waals surface area contributed by atoms with Gasteiger partial charge >= 0.3 is 0 Å². The largest absolute Gasteiger partial charge is 0.503 e. The van der Waals surface area contributed by atoms with E-state index in [1.165, 1.54) is 6.07 Å². The molecule has 0 aromatic carbocycles. The fourth-order valence-corrected chi connectivity index (χ4v) is 2.72. The normalized spacial score (nSPS) is 14.9. The molecule has 1 aliphatic rings. The molecule has 2 N–H and O–H groups in total. The number of rotatable bonds is 8. The Morgan fingerprint density at radius 3 is 2.62 bits per heavy atom. The highest BCUT2D eigenvalue weighted by Crippen LogP contribution is 2.38. The van der Waals surface area contributed by atoms with Gasteiger partial charge in [-0.1, -0.05) is 20.3 Å². The van der Waals surface area contributed by atoms with Gasteiger partial charge in [0.05, 0.1) is 12.3 Å². The van der Waals surface area contributed by atoms with Gasteiger partial charge in [0.25, 0.3) is 0 Å². The van der Waals surface area contributed by atoms with E-state index in [9.17, 15) is 15.0 Å². The fraction of sp³-hybridized carbons (Fsp3) is 0.688. The lowest BCUT2D eigenvalue weighted by atomic mass is 10.2. The summed E-state index contributed by atoms with van der Waals surface area (Å²) >= 11 is 0. The maximum Gasteiger partial charge on any atom is 0.223 e. The Morgan fingerprint density at radius 1 is 1.38 bits per heavy atom. The maximum absolute atomic E-state index is 11.9. The van der Waals surface area contributed by atoms with Crippen LogP contribution in [0.2, 0.25) is 0 Å². The molecule has 0 aliphatic heterocycles. The van der Waals surface area contributed by atoms with Gasteiger partial charge in [-0.25, -0.2) is 0 Å². The van der Waals surface area contributed by atoms with Gasteiger partial charge in [0.2, 0.25) is 5.43 Å². The zero-order chi connectivity index (χ0) is 15.4. The van der Waals surface area contributed by atoms with Crippen molar-refractivity contribution in [1.82, 2.24) is 9.47 Å². The minimum Gasteiger partial charge on any atom is -0.503 e. The lowest BCUT2D eigenvalue weighted by Gasteiger charge is -2.25. The lowest BCUT2D eigenvalue weighted by Crippen LogP contribution is -2.28. The molecule has 1 heterocycles. The molecule has 0 atom stereocenters. The van der Waals surface area contributed by atoms with E-state index in [2.05, 4.69) is 18.7 Å². The SMILES string of the molecule is CCCCN(CC)Cc1c(O)c(=O)cc(CO)n1C1CC1. The molecule has 2 rings (SSSR count). The predicted molar refractivity (Wildman–Crippen MR) is 82.4 cm³/mol. The van der Waals surface area contributed by atoms with E-state index >= 15 is 0 Å². The monoisotopic (exact) mass is 294 g/mol. The number of unbranched alkanes of at least 4 members (excludes halogenated alkanes) is 1. The second kappa shape index (κ2) is 7.09. The van der Waals surface area contributed by atoms with Gasteiger partial charge in [-0.2, -0.15) is 0 Å². The molecule has 0 radical (unpaired) electrons. The first-order chi connectivity index (χ1) is 10.1. The van der Waals surface area contributed by atoms with Gasteiger partial charge in [-0.15, -0.1) is 0 Å². The van der Waals surface area contributed by atoms with E-state index in [1.54, 1.807) is 0 Å². The summed E-state index contributed by atoms with van der Waals surface area (Å²) in [4.78, 5) is 14.1. The standard InChI is InChI=1S/C16H26N2O3/c1-3-5-8-17(4-2)10-14-16(21)15(20)9-13(11-19)18(14)12-6-7-12/h9,12,19,21H,3-8,10-11H2,1-2H3. The van der Waals surface area contributed by atoms with Crippen molar-refractivity contribution in [2.75, 3.05) is 13.1 Å². The number of pyridine rings is 1. The summed E-state index contributed by atoms with van der Waals surface area (Å²) in [5.41, 5.74) is 0.881. The highest BCUT2D eigenvalue weighted by Gasteiger charge is 2.29. The number of nitrogens with zero attached hydrogens (tertiary/aromatic N) is 2. The Labute approximate surface area is 125 Å². The molecule has 1 aromatic rings. The van der Waals surface area contributed by atoms with Crippen molar-refractivity contribution in [2.24, 2.45) is 0 Å². The number of aliphatic hydroxyl groups excluding tert-OH is 1. The third-order valence-electron chi connectivity index (χ3n) is 4.13. The van der Waals surface area contributed by atoms with Gasteiger partial charge in [-0.3, -0.25) is 9.69 Å². The van der Waals surface area contributed by atoms with Crippen LogP contribution in [0.15, 0.2) is 10.9 Å². The van der Waals surface area contributed by atoms with Crippen molar-refractivity contribution < 1.29 is 10.2 Å². The number of aromatic hydroxyl groups is 1. The molecule has 118 valence electrons. The molecule has 0 spiro atoms. The summed E-state index contributed by atoms with van der Waals surface area (Å²) < 4.78 is 1.98. The first-order valence-electron chi connectivity index (χ1n) is 7.91. The van der Waals surface area contributed by atoms with Crippen LogP contribution in [-0.2, 0) is 13.2 Å². The minimum absolute atomic E-state index is 0.158. The van der Waals surface area contributed by atoms with Crippen LogP contribution < -0.4 is 5.43 Å². The second-order valence-electron chi connectivity index (χ2n) is 5.78. The van der Waals surface area contributed by atoms with E-state index in [0.29, 0.717) is 24.0 Å². The third kappa shape index (κ3) is 3.66. The van der Waals surface area contributed by atoms with Gasteiger partial charge in [0.1, 0.15) is 0 Å². The van der Waals surface area contributed by atoms with Crippen LogP contribution in [0, 0.1) is 0 Å². The molecular weight excluding hydrogens is 268 g/mol. The summed E-state index contributed by atoms with van der Waals surface area (Å²) in [5, 5.41) is 19.7. The molecule has 1 saturated carbocycles. The van der Waals surface area contributed by atoms with Crippen molar-refractivity contribution in [3.05, 3.63) is 27.7 Å². The van der Waals surface area contributed by atoms with E-state index in [4.69, 9.17) is 0 Å². The van der Waals surface area contributed by atoms with Crippen molar-refractivity contribution in [3.63, 3.8) is 0 Å². The minimum atomic E-state index is -0.391. The first-order valence-corrected chi connectivity index (χ1v) is 7.91. The molecule has 0 amide bonds. The molecule has 5 heteroatoms. The van der Waals surface area contributed by atoms with Crippen molar-refractivity contribution in [3.8, 4) is 5.75 Å². The predicted octanol–water partition coefficient (Wildman–Crippen LogP) is 2.00. The topological polar surface area (TPSA) is 65.7 Å². The molecule has 21 heavy (non-hydrogen) atoms. The summed E-state index contributed by atoms with van der Waals surface area (Å²) in [6, 6.07) is 1.68. The summed E-state index contributed by atoms with van der Waals surface area (Å²) in [7, 11) is 0. The van der Waals surface area contributed by atoms with Crippen LogP contribution in [0.3, 0.4) is 0 Å². The highest BCUT2D eigenvalue weighted by molar-refractivity contribution is 5.31. The molecule has 1 aliphatic carbocycles. The highest BCUT2D eigenvalue weighted by atomic mass is 16.3. The summed E-state index contributed by atoms with van der Waals surface area (Å²) in [6.07, 6.45) is 4.31. The van der Waals surface area contributed by atoms with Crippen LogP contribution in [0.1, 0.15) is 57.0 Å². The van der Waals surface area contributed by atoms with Crippen molar-refractivity contribution in [1.29, 1.82) is 0 Å². The molecule has 1 aromatic heterocycles. The summed E-state index contributed by atoms with van der Waals surface area (Å²) in [5.74, 6) is -0.158. The molecule has 0 bridgehead atoms. The lowest BCUT2D eigenvalue weighted by molar-refractivity contribution is 0.248. The molecule has 5 nitrogen and oxygen atoms in total. The van der Waals surface area contributed by atoms with Crippen LogP contribution in [0.25, 0.3) is 0 Å². The second-order valence-corrected chi connectivity index (χ2v) is 5.78. The quantitative estimate of drug-likeness (QED) is 0.769. The van der Waals surface area contributed by atoms with Crippen molar-refractivity contribution >= 4 is 0 Å². The van der Waals surface area contributed by atoms with Crippen LogP contribution >= 0.6 is 0 Å². The maximum atomic E-state index is 11.9. The summed E-state index contributed by atoms with van der Waals surface area (Å²) in [6.45, 7) is 6.46. The smallest absolute Gasteiger partial charge is 0.223 e. The van der Waals surface area contributed by atoms with Crippen LogP contribution in [0.5, 0.6) is 5.75 Å². The Balaban J connectivity index is 2.35. The molecule has 1 fully saturated rings. The first kappa shape index (κ1) is 16.0. The average Bonchev–Trinajstić information content (AvgIpc) is 3.31. The Kier molecular flexibility index (Phi) is 5.42. The van der Waals surface area contributed by atoms with E-state index in [-0.39, 0.29) is 12.4 Å². The Morgan fingerprint density at radius 2 is 2.10 bits per heavy atom. The van der Waals surface area contributed by atoms with Crippen LogP contribution in [0.4, 0.5) is 0 Å². The number of hydrogen-bond donors (Lipinski definition) is 2. The van der Waals surface area contributed by atoms with Gasteiger partial charge < -0.3 is 14.8 Å². The molecule has 0 unspecified atom stereocenters. The number of aromatic nitrogens is 1. The van der Waals surface area contributed by atoms with Gasteiger partial charge in [-0.05, 0) is 32.4 Å². The van der Waals surface area contributed by atoms with Crippen molar-refractivity contribution in [2.45, 2.75) is 58.7 Å².